The fraction of sp³-hybridized carbons (Fsp3) is 1.00. The molecular weight excluding hydrogens is 200 g/mol. The van der Waals surface area contributed by atoms with E-state index in [0.29, 0.717) is 6.04 Å². The summed E-state index contributed by atoms with van der Waals surface area (Å²) >= 11 is 0. The van der Waals surface area contributed by atoms with Gasteiger partial charge in [0.2, 0.25) is 0 Å². The lowest BCUT2D eigenvalue weighted by Gasteiger charge is -2.23. The normalized spacial score (nSPS) is 13.3. The maximum absolute atomic E-state index is 5.29. The van der Waals surface area contributed by atoms with E-state index in [9.17, 15) is 0 Å². The maximum Gasteiger partial charge on any atom is 0.0466 e. The van der Waals surface area contributed by atoms with Gasteiger partial charge in [-0.25, -0.2) is 0 Å². The van der Waals surface area contributed by atoms with Crippen LogP contribution in [0.1, 0.15) is 40.0 Å². The largest absolute Gasteiger partial charge is 0.382 e. The summed E-state index contributed by atoms with van der Waals surface area (Å²) in [6, 6.07) is 0.694. The number of unbranched alkanes of at least 4 members (excludes halogenated alkanes) is 1. The van der Waals surface area contributed by atoms with Gasteiger partial charge in [0, 0.05) is 32.3 Å². The van der Waals surface area contributed by atoms with E-state index in [0.717, 1.165) is 32.8 Å². The molecule has 16 heavy (non-hydrogen) atoms. The van der Waals surface area contributed by atoms with Gasteiger partial charge in [-0.1, -0.05) is 6.92 Å². The third kappa shape index (κ3) is 9.13. The molecule has 0 amide bonds. The van der Waals surface area contributed by atoms with Gasteiger partial charge in [0.15, 0.2) is 0 Å². The van der Waals surface area contributed by atoms with Crippen LogP contribution in [0.15, 0.2) is 0 Å². The standard InChI is InChI=1S/C13H30N2O/c1-5-13(3)15(4)11-10-14-9-7-8-12-16-6-2/h13-14H,5-12H2,1-4H3. The molecule has 0 aromatic carbocycles. The zero-order valence-corrected chi connectivity index (χ0v) is 11.6. The summed E-state index contributed by atoms with van der Waals surface area (Å²) in [5.74, 6) is 0. The number of ether oxygens (including phenoxy) is 1. The van der Waals surface area contributed by atoms with Gasteiger partial charge in [0.25, 0.3) is 0 Å². The molecule has 1 N–H and O–H groups in total. The van der Waals surface area contributed by atoms with E-state index in [1.165, 1.54) is 19.3 Å². The lowest BCUT2D eigenvalue weighted by atomic mass is 10.2. The zero-order valence-electron chi connectivity index (χ0n) is 11.6. The lowest BCUT2D eigenvalue weighted by molar-refractivity contribution is 0.143. The monoisotopic (exact) mass is 230 g/mol. The van der Waals surface area contributed by atoms with Crippen molar-refractivity contribution in [1.82, 2.24) is 10.2 Å². The van der Waals surface area contributed by atoms with E-state index >= 15 is 0 Å². The van der Waals surface area contributed by atoms with Crippen LogP contribution >= 0.6 is 0 Å². The molecule has 0 aromatic rings. The first-order valence-corrected chi connectivity index (χ1v) is 6.71. The molecule has 0 aromatic heterocycles. The van der Waals surface area contributed by atoms with Crippen LogP contribution in [0.25, 0.3) is 0 Å². The number of hydrogen-bond acceptors (Lipinski definition) is 3. The Bertz CT molecular complexity index is 142. The van der Waals surface area contributed by atoms with E-state index in [4.69, 9.17) is 4.74 Å². The summed E-state index contributed by atoms with van der Waals surface area (Å²) in [7, 11) is 2.20. The Labute approximate surface area is 102 Å². The molecule has 0 aliphatic heterocycles. The van der Waals surface area contributed by atoms with Crippen LogP contribution in [0.4, 0.5) is 0 Å². The van der Waals surface area contributed by atoms with Gasteiger partial charge >= 0.3 is 0 Å². The highest BCUT2D eigenvalue weighted by Crippen LogP contribution is 1.98. The molecule has 0 aliphatic carbocycles. The third-order valence-corrected chi connectivity index (χ3v) is 3.08. The second-order valence-corrected chi connectivity index (χ2v) is 4.39. The van der Waals surface area contributed by atoms with Gasteiger partial charge in [0.05, 0.1) is 0 Å². The highest BCUT2D eigenvalue weighted by atomic mass is 16.5. The quantitative estimate of drug-likeness (QED) is 0.550. The molecule has 0 aliphatic rings. The van der Waals surface area contributed by atoms with Crippen molar-refractivity contribution in [3.05, 3.63) is 0 Å². The van der Waals surface area contributed by atoms with Crippen LogP contribution in [-0.4, -0.2) is 50.8 Å². The molecule has 0 saturated carbocycles. The van der Waals surface area contributed by atoms with Gasteiger partial charge in [-0.2, -0.15) is 0 Å². The molecule has 1 atom stereocenters. The first kappa shape index (κ1) is 15.9. The van der Waals surface area contributed by atoms with Crippen molar-refractivity contribution in [2.75, 3.05) is 39.9 Å². The van der Waals surface area contributed by atoms with Crippen LogP contribution in [0.5, 0.6) is 0 Å². The molecule has 0 rings (SSSR count). The van der Waals surface area contributed by atoms with Crippen molar-refractivity contribution in [3.8, 4) is 0 Å². The summed E-state index contributed by atoms with van der Waals surface area (Å²) in [6.45, 7) is 11.7. The minimum absolute atomic E-state index is 0.694. The molecule has 0 saturated heterocycles. The van der Waals surface area contributed by atoms with Gasteiger partial charge in [-0.15, -0.1) is 0 Å². The predicted octanol–water partition coefficient (Wildman–Crippen LogP) is 2.12. The molecule has 1 unspecified atom stereocenters. The third-order valence-electron chi connectivity index (χ3n) is 3.08. The average Bonchev–Trinajstić information content (AvgIpc) is 2.31. The number of nitrogens with zero attached hydrogens (tertiary/aromatic N) is 1. The van der Waals surface area contributed by atoms with Crippen LogP contribution < -0.4 is 5.32 Å². The Hall–Kier alpha value is -0.120. The van der Waals surface area contributed by atoms with Crippen molar-refractivity contribution in [2.45, 2.75) is 46.1 Å². The Morgan fingerprint density at radius 1 is 1.19 bits per heavy atom. The molecular formula is C13H30N2O. The van der Waals surface area contributed by atoms with E-state index in [1.807, 2.05) is 6.92 Å². The Kier molecular flexibility index (Phi) is 11.3. The van der Waals surface area contributed by atoms with Crippen molar-refractivity contribution >= 4 is 0 Å². The van der Waals surface area contributed by atoms with E-state index in [2.05, 4.69) is 31.1 Å². The van der Waals surface area contributed by atoms with E-state index in [-0.39, 0.29) is 0 Å². The van der Waals surface area contributed by atoms with Crippen molar-refractivity contribution in [3.63, 3.8) is 0 Å². The first-order chi connectivity index (χ1) is 7.72. The smallest absolute Gasteiger partial charge is 0.0466 e. The second kappa shape index (κ2) is 11.4. The summed E-state index contributed by atoms with van der Waals surface area (Å²) in [4.78, 5) is 2.41. The van der Waals surface area contributed by atoms with Crippen LogP contribution in [0, 0.1) is 0 Å². The molecule has 3 nitrogen and oxygen atoms in total. The Morgan fingerprint density at radius 2 is 1.94 bits per heavy atom. The summed E-state index contributed by atoms with van der Waals surface area (Å²) in [6.07, 6.45) is 3.61. The molecule has 3 heteroatoms. The van der Waals surface area contributed by atoms with Gasteiger partial charge < -0.3 is 15.0 Å². The van der Waals surface area contributed by atoms with E-state index in [1.54, 1.807) is 0 Å². The lowest BCUT2D eigenvalue weighted by Crippen LogP contribution is -2.35. The maximum atomic E-state index is 5.29. The molecule has 0 heterocycles. The fourth-order valence-electron chi connectivity index (χ4n) is 1.51. The highest BCUT2D eigenvalue weighted by molar-refractivity contribution is 4.62. The fourth-order valence-corrected chi connectivity index (χ4v) is 1.51. The number of likely N-dealkylation sites (N-methyl/N-ethyl adjacent to an activating group) is 1. The summed E-state index contributed by atoms with van der Waals surface area (Å²) in [5.41, 5.74) is 0. The van der Waals surface area contributed by atoms with Crippen molar-refractivity contribution < 1.29 is 4.74 Å². The topological polar surface area (TPSA) is 24.5 Å². The molecule has 0 bridgehead atoms. The minimum Gasteiger partial charge on any atom is -0.382 e. The number of hydrogen-bond donors (Lipinski definition) is 1. The molecule has 0 radical (unpaired) electrons. The molecule has 0 spiro atoms. The minimum atomic E-state index is 0.694. The number of rotatable bonds is 11. The van der Waals surface area contributed by atoms with Gasteiger partial charge in [-0.05, 0) is 46.7 Å². The van der Waals surface area contributed by atoms with E-state index < -0.39 is 0 Å². The SMILES string of the molecule is CCOCCCCNCCN(C)C(C)CC. The Morgan fingerprint density at radius 3 is 2.56 bits per heavy atom. The van der Waals surface area contributed by atoms with Crippen LogP contribution in [0.3, 0.4) is 0 Å². The number of nitrogens with one attached hydrogen (secondary N) is 1. The first-order valence-electron chi connectivity index (χ1n) is 6.71. The molecule has 0 fully saturated rings. The van der Waals surface area contributed by atoms with Crippen molar-refractivity contribution in [2.24, 2.45) is 0 Å². The van der Waals surface area contributed by atoms with Gasteiger partial charge in [-0.3, -0.25) is 0 Å². The second-order valence-electron chi connectivity index (χ2n) is 4.39. The summed E-state index contributed by atoms with van der Waals surface area (Å²) < 4.78 is 5.29. The van der Waals surface area contributed by atoms with Crippen LogP contribution in [0.2, 0.25) is 0 Å². The summed E-state index contributed by atoms with van der Waals surface area (Å²) in [5, 5.41) is 3.47. The Balaban J connectivity index is 3.14. The van der Waals surface area contributed by atoms with Crippen LogP contribution in [-0.2, 0) is 4.74 Å². The highest BCUT2D eigenvalue weighted by Gasteiger charge is 2.04. The predicted molar refractivity (Wildman–Crippen MR) is 71.0 cm³/mol. The zero-order chi connectivity index (χ0) is 12.2. The average molecular weight is 230 g/mol. The van der Waals surface area contributed by atoms with Gasteiger partial charge in [0.1, 0.15) is 0 Å². The van der Waals surface area contributed by atoms with Crippen molar-refractivity contribution in [1.29, 1.82) is 0 Å². The molecule has 98 valence electrons.